The van der Waals surface area contributed by atoms with Crippen molar-refractivity contribution in [1.29, 1.82) is 0 Å². The van der Waals surface area contributed by atoms with Gasteiger partial charge >= 0.3 is 0 Å². The van der Waals surface area contributed by atoms with Crippen molar-refractivity contribution in [3.05, 3.63) is 12.2 Å². The molecule has 1 nitrogen and oxygen atoms in total. The maximum atomic E-state index is 9.93. The lowest BCUT2D eigenvalue weighted by molar-refractivity contribution is 0.183. The van der Waals surface area contributed by atoms with E-state index in [4.69, 9.17) is 0 Å². The van der Waals surface area contributed by atoms with Crippen LogP contribution in [0.1, 0.15) is 66.2 Å². The number of unbranched alkanes of at least 4 members (excludes halogenated alkanes) is 1. The Morgan fingerprint density at radius 1 is 1.06 bits per heavy atom. The Hall–Kier alpha value is -0.300. The van der Waals surface area contributed by atoms with Crippen molar-refractivity contribution in [3.63, 3.8) is 0 Å². The molecule has 1 unspecified atom stereocenters. The van der Waals surface area contributed by atoms with Crippen LogP contribution in [0.3, 0.4) is 0 Å². The number of hydrogen-bond donors (Lipinski definition) is 1. The predicted molar refractivity (Wildman–Crippen MR) is 72.5 cm³/mol. The van der Waals surface area contributed by atoms with Gasteiger partial charge in [0.15, 0.2) is 0 Å². The van der Waals surface area contributed by atoms with E-state index in [1.807, 2.05) is 0 Å². The highest BCUT2D eigenvalue weighted by Crippen LogP contribution is 2.22. The molecule has 0 aromatic rings. The number of aliphatic hydroxyl groups is 1. The Labute approximate surface area is 102 Å². The average Bonchev–Trinajstić information content (AvgIpc) is 2.24. The summed E-state index contributed by atoms with van der Waals surface area (Å²) in [5.74, 6) is 1.25. The van der Waals surface area contributed by atoms with Gasteiger partial charge < -0.3 is 5.11 Å². The fourth-order valence-corrected chi connectivity index (χ4v) is 1.93. The molecule has 0 aromatic carbocycles. The van der Waals surface area contributed by atoms with Crippen LogP contribution >= 0.6 is 0 Å². The van der Waals surface area contributed by atoms with Gasteiger partial charge in [0.2, 0.25) is 0 Å². The Balaban J connectivity index is 3.79. The Morgan fingerprint density at radius 3 is 2.19 bits per heavy atom. The van der Waals surface area contributed by atoms with Crippen LogP contribution in [0.15, 0.2) is 12.2 Å². The second kappa shape index (κ2) is 8.81. The van der Waals surface area contributed by atoms with Gasteiger partial charge in [0.05, 0.1) is 6.10 Å². The summed E-state index contributed by atoms with van der Waals surface area (Å²) in [5, 5.41) is 9.93. The second-order valence-corrected chi connectivity index (χ2v) is 5.46. The van der Waals surface area contributed by atoms with Crippen molar-refractivity contribution in [1.82, 2.24) is 0 Å². The van der Waals surface area contributed by atoms with E-state index in [0.717, 1.165) is 30.8 Å². The molecule has 0 saturated heterocycles. The predicted octanol–water partition coefficient (Wildman–Crippen LogP) is 4.56. The highest BCUT2D eigenvalue weighted by Gasteiger charge is 2.14. The molecule has 0 aliphatic heterocycles. The van der Waals surface area contributed by atoms with E-state index in [2.05, 4.69) is 34.3 Å². The molecule has 0 saturated carbocycles. The molecule has 16 heavy (non-hydrogen) atoms. The van der Waals surface area contributed by atoms with Gasteiger partial charge in [-0.15, -0.1) is 0 Å². The first-order valence-electron chi connectivity index (χ1n) is 6.85. The molecule has 0 aromatic heterocycles. The van der Waals surface area contributed by atoms with E-state index in [1.165, 1.54) is 19.3 Å². The molecule has 96 valence electrons. The van der Waals surface area contributed by atoms with E-state index in [1.54, 1.807) is 0 Å². The molecule has 0 aliphatic rings. The normalized spacial score (nSPS) is 15.1. The van der Waals surface area contributed by atoms with Gasteiger partial charge in [-0.25, -0.2) is 0 Å². The van der Waals surface area contributed by atoms with Crippen LogP contribution in [-0.2, 0) is 0 Å². The highest BCUT2D eigenvalue weighted by molar-refractivity contribution is 5.05. The van der Waals surface area contributed by atoms with Crippen LogP contribution in [0.4, 0.5) is 0 Å². The zero-order valence-corrected chi connectivity index (χ0v) is 11.6. The van der Waals surface area contributed by atoms with Gasteiger partial charge in [0.1, 0.15) is 0 Å². The minimum Gasteiger partial charge on any atom is -0.389 e. The van der Waals surface area contributed by atoms with Crippen LogP contribution in [0.2, 0.25) is 0 Å². The zero-order chi connectivity index (χ0) is 12.6. The molecule has 0 amide bonds. The van der Waals surface area contributed by atoms with E-state index in [0.29, 0.717) is 5.92 Å². The molecule has 0 bridgehead atoms. The lowest BCUT2D eigenvalue weighted by Gasteiger charge is -2.20. The third kappa shape index (κ3) is 7.05. The monoisotopic (exact) mass is 226 g/mol. The molecule has 0 spiro atoms. The van der Waals surface area contributed by atoms with E-state index >= 15 is 0 Å². The minimum absolute atomic E-state index is 0.283. The van der Waals surface area contributed by atoms with Crippen molar-refractivity contribution in [2.24, 2.45) is 11.8 Å². The lowest BCUT2D eigenvalue weighted by atomic mass is 9.89. The Morgan fingerprint density at radius 2 is 1.69 bits per heavy atom. The SMILES string of the molecule is C=C(C(O)CCCC)[C@H](C)CCCC(C)C. The van der Waals surface area contributed by atoms with Crippen molar-refractivity contribution in [3.8, 4) is 0 Å². The number of rotatable bonds is 9. The van der Waals surface area contributed by atoms with Gasteiger partial charge in [-0.05, 0) is 30.3 Å². The van der Waals surface area contributed by atoms with Crippen molar-refractivity contribution in [2.45, 2.75) is 72.3 Å². The van der Waals surface area contributed by atoms with Crippen LogP contribution < -0.4 is 0 Å². The summed E-state index contributed by atoms with van der Waals surface area (Å²) in [4.78, 5) is 0. The molecular weight excluding hydrogens is 196 g/mol. The summed E-state index contributed by atoms with van der Waals surface area (Å²) >= 11 is 0. The third-order valence-electron chi connectivity index (χ3n) is 3.31. The molecule has 1 N–H and O–H groups in total. The molecule has 2 atom stereocenters. The summed E-state index contributed by atoms with van der Waals surface area (Å²) in [6.45, 7) is 12.9. The van der Waals surface area contributed by atoms with Crippen molar-refractivity contribution in [2.75, 3.05) is 0 Å². The lowest BCUT2D eigenvalue weighted by Crippen LogP contribution is -2.15. The zero-order valence-electron chi connectivity index (χ0n) is 11.6. The van der Waals surface area contributed by atoms with Crippen molar-refractivity contribution >= 4 is 0 Å². The fourth-order valence-electron chi connectivity index (χ4n) is 1.93. The van der Waals surface area contributed by atoms with Crippen LogP contribution in [0, 0.1) is 11.8 Å². The van der Waals surface area contributed by atoms with Gasteiger partial charge in [0.25, 0.3) is 0 Å². The van der Waals surface area contributed by atoms with Crippen LogP contribution in [-0.4, -0.2) is 11.2 Å². The van der Waals surface area contributed by atoms with Gasteiger partial charge in [0, 0.05) is 0 Å². The summed E-state index contributed by atoms with van der Waals surface area (Å²) < 4.78 is 0. The van der Waals surface area contributed by atoms with E-state index < -0.39 is 0 Å². The topological polar surface area (TPSA) is 20.2 Å². The molecule has 0 fully saturated rings. The number of aliphatic hydroxyl groups excluding tert-OH is 1. The summed E-state index contributed by atoms with van der Waals surface area (Å²) in [6.07, 6.45) is 6.53. The molecule has 0 aliphatic carbocycles. The standard InChI is InChI=1S/C15H30O/c1-6-7-11-15(16)14(5)13(4)10-8-9-12(2)3/h12-13,15-16H,5-11H2,1-4H3/t13-,15?/m1/s1. The van der Waals surface area contributed by atoms with Gasteiger partial charge in [-0.2, -0.15) is 0 Å². The summed E-state index contributed by atoms with van der Waals surface area (Å²) in [5.41, 5.74) is 1.04. The van der Waals surface area contributed by atoms with Crippen LogP contribution in [0.5, 0.6) is 0 Å². The Bertz CT molecular complexity index is 184. The van der Waals surface area contributed by atoms with E-state index in [9.17, 15) is 5.11 Å². The van der Waals surface area contributed by atoms with Gasteiger partial charge in [-0.1, -0.05) is 60.0 Å². The third-order valence-corrected chi connectivity index (χ3v) is 3.31. The first-order chi connectivity index (χ1) is 7.49. The van der Waals surface area contributed by atoms with Crippen molar-refractivity contribution < 1.29 is 5.11 Å². The highest BCUT2D eigenvalue weighted by atomic mass is 16.3. The molecule has 1 heteroatoms. The first kappa shape index (κ1) is 15.7. The summed E-state index contributed by atoms with van der Waals surface area (Å²) in [7, 11) is 0. The maximum Gasteiger partial charge on any atom is 0.0750 e. The maximum absolute atomic E-state index is 9.93. The molecule has 0 radical (unpaired) electrons. The van der Waals surface area contributed by atoms with E-state index in [-0.39, 0.29) is 6.10 Å². The number of hydrogen-bond acceptors (Lipinski definition) is 1. The minimum atomic E-state index is -0.283. The second-order valence-electron chi connectivity index (χ2n) is 5.46. The molecular formula is C15H30O. The molecule has 0 rings (SSSR count). The largest absolute Gasteiger partial charge is 0.389 e. The van der Waals surface area contributed by atoms with Crippen LogP contribution in [0.25, 0.3) is 0 Å². The quantitative estimate of drug-likeness (QED) is 0.572. The fraction of sp³-hybridized carbons (Fsp3) is 0.867. The smallest absolute Gasteiger partial charge is 0.0750 e. The Kier molecular flexibility index (Phi) is 8.64. The average molecular weight is 226 g/mol. The first-order valence-corrected chi connectivity index (χ1v) is 6.85. The molecule has 0 heterocycles. The van der Waals surface area contributed by atoms with Gasteiger partial charge in [-0.3, -0.25) is 0 Å². The summed E-state index contributed by atoms with van der Waals surface area (Å²) in [6, 6.07) is 0.